The summed E-state index contributed by atoms with van der Waals surface area (Å²) in [5, 5.41) is 115. The molecule has 1 amide bonds. The van der Waals surface area contributed by atoms with Crippen molar-refractivity contribution in [2.45, 2.75) is 118 Å². The molecule has 266 valence electrons. The van der Waals surface area contributed by atoms with Crippen molar-refractivity contribution in [3.8, 4) is 0 Å². The fourth-order valence-electron chi connectivity index (χ4n) is 5.24. The van der Waals surface area contributed by atoms with Crippen molar-refractivity contribution in [3.63, 3.8) is 0 Å². The van der Waals surface area contributed by atoms with Gasteiger partial charge in [-0.1, -0.05) is 0 Å². The standard InChI is InChI=1S/C25H41NO20/c1-7(28)26-13-9(30)3-25(24(39)40,46-21(13)14(32)10(31)5-41-8(2)29)42-6-12-15(33)16(34)19(37)23(44-12)45-20-11(4-27)43-22(38)18(36)17(20)35/h9-23,27,30-38H,3-6H2,1-2H3,(H,26,28)(H,39,40)/t9-,10+,11+,12+,13+,14+,15-,16-,17+,18+,19+,20+,21+,22?,23-,25-/m0/s1. The molecule has 3 rings (SSSR count). The van der Waals surface area contributed by atoms with Crippen LogP contribution in [0.5, 0.6) is 0 Å². The minimum absolute atomic E-state index is 0.737. The number of carboxylic acid groups (broad SMARTS) is 1. The van der Waals surface area contributed by atoms with E-state index in [-0.39, 0.29) is 0 Å². The summed E-state index contributed by atoms with van der Waals surface area (Å²) in [6.07, 6.45) is -27.2. The number of carbonyl (C=O) groups excluding carboxylic acids is 2. The molecule has 12 N–H and O–H groups in total. The summed E-state index contributed by atoms with van der Waals surface area (Å²) in [6.45, 7) is -0.555. The van der Waals surface area contributed by atoms with Gasteiger partial charge in [0.15, 0.2) is 12.6 Å². The van der Waals surface area contributed by atoms with Gasteiger partial charge in [0.1, 0.15) is 73.8 Å². The average Bonchev–Trinajstić information content (AvgIpc) is 2.99. The first-order chi connectivity index (χ1) is 21.4. The third kappa shape index (κ3) is 8.44. The van der Waals surface area contributed by atoms with E-state index in [1.54, 1.807) is 0 Å². The molecule has 3 aliphatic rings. The van der Waals surface area contributed by atoms with Gasteiger partial charge < -0.3 is 89.9 Å². The Kier molecular flexibility index (Phi) is 13.1. The molecule has 0 saturated carbocycles. The molecule has 46 heavy (non-hydrogen) atoms. The van der Waals surface area contributed by atoms with Crippen molar-refractivity contribution >= 4 is 17.8 Å². The number of hydrogen-bond acceptors (Lipinski definition) is 19. The van der Waals surface area contributed by atoms with Crippen LogP contribution in [0.3, 0.4) is 0 Å². The molecule has 1 unspecified atom stereocenters. The van der Waals surface area contributed by atoms with E-state index < -0.39 is 142 Å². The van der Waals surface area contributed by atoms with Crippen LogP contribution in [-0.2, 0) is 42.8 Å². The highest BCUT2D eigenvalue weighted by atomic mass is 16.8. The first-order valence-electron chi connectivity index (χ1n) is 14.1. The van der Waals surface area contributed by atoms with E-state index in [1.807, 2.05) is 0 Å². The Labute approximate surface area is 260 Å². The predicted octanol–water partition coefficient (Wildman–Crippen LogP) is -7.65. The second-order valence-corrected chi connectivity index (χ2v) is 11.2. The number of aliphatic hydroxyl groups is 10. The number of hydrogen-bond donors (Lipinski definition) is 12. The van der Waals surface area contributed by atoms with Gasteiger partial charge in [-0.3, -0.25) is 9.59 Å². The lowest BCUT2D eigenvalue weighted by atomic mass is 9.88. The van der Waals surface area contributed by atoms with Crippen LogP contribution in [0.15, 0.2) is 0 Å². The highest BCUT2D eigenvalue weighted by molar-refractivity contribution is 5.76. The van der Waals surface area contributed by atoms with Crippen molar-refractivity contribution in [1.29, 1.82) is 0 Å². The minimum Gasteiger partial charge on any atom is -0.477 e. The van der Waals surface area contributed by atoms with Crippen LogP contribution in [-0.4, -0.2) is 191 Å². The van der Waals surface area contributed by atoms with E-state index in [1.165, 1.54) is 0 Å². The summed E-state index contributed by atoms with van der Waals surface area (Å²) >= 11 is 0. The molecule has 0 aliphatic carbocycles. The molecule has 0 aromatic carbocycles. The lowest BCUT2D eigenvalue weighted by Crippen LogP contribution is -2.68. The fourth-order valence-corrected chi connectivity index (χ4v) is 5.24. The molecule has 0 spiro atoms. The summed E-state index contributed by atoms with van der Waals surface area (Å²) in [4.78, 5) is 35.4. The number of esters is 1. The van der Waals surface area contributed by atoms with E-state index in [0.29, 0.717) is 0 Å². The second kappa shape index (κ2) is 15.8. The molecule has 16 atom stereocenters. The third-order valence-corrected chi connectivity index (χ3v) is 7.74. The number of amides is 1. The van der Waals surface area contributed by atoms with Gasteiger partial charge in [0.05, 0.1) is 25.4 Å². The quantitative estimate of drug-likeness (QED) is 0.0854. The Balaban J connectivity index is 1.82. The number of nitrogens with one attached hydrogen (secondary N) is 1. The van der Waals surface area contributed by atoms with Gasteiger partial charge in [0, 0.05) is 20.3 Å². The smallest absolute Gasteiger partial charge is 0.364 e. The van der Waals surface area contributed by atoms with E-state index in [0.717, 1.165) is 13.8 Å². The Morgan fingerprint density at radius 1 is 0.913 bits per heavy atom. The lowest BCUT2D eigenvalue weighted by molar-refractivity contribution is -0.364. The van der Waals surface area contributed by atoms with E-state index in [9.17, 15) is 70.6 Å². The average molecular weight is 676 g/mol. The second-order valence-electron chi connectivity index (χ2n) is 11.2. The molecule has 0 aromatic rings. The van der Waals surface area contributed by atoms with Crippen molar-refractivity contribution in [3.05, 3.63) is 0 Å². The molecular formula is C25H41NO20. The van der Waals surface area contributed by atoms with Gasteiger partial charge in [-0.2, -0.15) is 0 Å². The van der Waals surface area contributed by atoms with E-state index in [4.69, 9.17) is 23.7 Å². The van der Waals surface area contributed by atoms with Crippen LogP contribution in [0.4, 0.5) is 0 Å². The first-order valence-corrected chi connectivity index (χ1v) is 14.1. The number of aliphatic carboxylic acids is 1. The van der Waals surface area contributed by atoms with Gasteiger partial charge in [0.25, 0.3) is 5.79 Å². The van der Waals surface area contributed by atoms with Crippen molar-refractivity contribution in [2.24, 2.45) is 0 Å². The zero-order valence-corrected chi connectivity index (χ0v) is 24.6. The third-order valence-electron chi connectivity index (χ3n) is 7.74. The number of carboxylic acids is 1. The summed E-state index contributed by atoms with van der Waals surface area (Å²) in [5.41, 5.74) is 0. The zero-order chi connectivity index (χ0) is 34.7. The van der Waals surface area contributed by atoms with E-state index >= 15 is 0 Å². The van der Waals surface area contributed by atoms with Crippen LogP contribution in [0.1, 0.15) is 20.3 Å². The Morgan fingerprint density at radius 3 is 2.13 bits per heavy atom. The van der Waals surface area contributed by atoms with Crippen LogP contribution in [0.25, 0.3) is 0 Å². The maximum atomic E-state index is 12.5. The molecule has 3 saturated heterocycles. The minimum atomic E-state index is -2.86. The van der Waals surface area contributed by atoms with Crippen LogP contribution in [0, 0.1) is 0 Å². The molecule has 21 heteroatoms. The van der Waals surface area contributed by atoms with Gasteiger partial charge in [-0.25, -0.2) is 4.79 Å². The topological polar surface area (TPSA) is 341 Å². The number of aliphatic hydroxyl groups excluding tert-OH is 10. The van der Waals surface area contributed by atoms with Gasteiger partial charge in [-0.15, -0.1) is 0 Å². The lowest BCUT2D eigenvalue weighted by Gasteiger charge is -2.48. The first kappa shape index (κ1) is 38.3. The molecule has 0 bridgehead atoms. The molecule has 0 radical (unpaired) electrons. The maximum absolute atomic E-state index is 12.5. The molecule has 3 heterocycles. The number of ether oxygens (including phenoxy) is 6. The number of carbonyl (C=O) groups is 3. The normalized spacial score (nSPS) is 42.9. The van der Waals surface area contributed by atoms with Crippen molar-refractivity contribution in [1.82, 2.24) is 5.32 Å². The largest absolute Gasteiger partial charge is 0.477 e. The molecule has 0 aromatic heterocycles. The Bertz CT molecular complexity index is 1050. The van der Waals surface area contributed by atoms with Crippen LogP contribution in [0.2, 0.25) is 0 Å². The molecule has 3 aliphatic heterocycles. The van der Waals surface area contributed by atoms with Gasteiger partial charge in [0.2, 0.25) is 5.91 Å². The monoisotopic (exact) mass is 675 g/mol. The van der Waals surface area contributed by atoms with Gasteiger partial charge in [-0.05, 0) is 0 Å². The SMILES string of the molecule is CC(=O)N[C@H]1[C@H]([C@H](O)[C@H](O)COC(C)=O)O[C@](OC[C@H]2O[C@@H](O[C@H]3[C@H](O)[C@@H](O)C(O)O[C@@H]3CO)[C@H](O)[C@@H](O)[C@H]2O)(C(=O)O)C[C@@H]1O. The van der Waals surface area contributed by atoms with Crippen molar-refractivity contribution in [2.75, 3.05) is 19.8 Å². The Hall–Kier alpha value is -2.19. The summed E-state index contributed by atoms with van der Waals surface area (Å²) < 4.78 is 31.5. The van der Waals surface area contributed by atoms with Crippen LogP contribution >= 0.6 is 0 Å². The highest BCUT2D eigenvalue weighted by Gasteiger charge is 2.57. The zero-order valence-electron chi connectivity index (χ0n) is 24.6. The summed E-state index contributed by atoms with van der Waals surface area (Å²) in [6, 6.07) is -1.51. The van der Waals surface area contributed by atoms with E-state index in [2.05, 4.69) is 10.1 Å². The fraction of sp³-hybridized carbons (Fsp3) is 0.880. The summed E-state index contributed by atoms with van der Waals surface area (Å²) in [5.74, 6) is -6.32. The summed E-state index contributed by atoms with van der Waals surface area (Å²) in [7, 11) is 0. The Morgan fingerprint density at radius 2 is 1.57 bits per heavy atom. The maximum Gasteiger partial charge on any atom is 0.364 e. The molecule has 21 nitrogen and oxygen atoms in total. The molecule has 3 fully saturated rings. The van der Waals surface area contributed by atoms with Crippen molar-refractivity contribution < 1.29 is 99.0 Å². The van der Waals surface area contributed by atoms with Crippen LogP contribution < -0.4 is 5.32 Å². The molecular weight excluding hydrogens is 634 g/mol. The predicted molar refractivity (Wildman–Crippen MR) is 140 cm³/mol. The van der Waals surface area contributed by atoms with Gasteiger partial charge >= 0.3 is 11.9 Å². The number of rotatable bonds is 12. The highest BCUT2D eigenvalue weighted by Crippen LogP contribution is 2.35.